The van der Waals surface area contributed by atoms with Crippen LogP contribution in [0.3, 0.4) is 0 Å². The van der Waals surface area contributed by atoms with E-state index in [1.165, 1.54) is 6.42 Å². The van der Waals surface area contributed by atoms with Gasteiger partial charge in [-0.25, -0.2) is 4.98 Å². The van der Waals surface area contributed by atoms with Crippen molar-refractivity contribution in [2.45, 2.75) is 30.6 Å². The normalized spacial score (nSPS) is 20.1. The number of hydrogen-bond donors (Lipinski definition) is 1. The fourth-order valence-corrected chi connectivity index (χ4v) is 3.96. The fraction of sp³-hybridized carbons (Fsp3) is 0.412. The molecule has 1 N–H and O–H groups in total. The third-order valence-corrected chi connectivity index (χ3v) is 5.66. The number of anilines is 1. The number of fused-ring (bicyclic) bond motifs is 1. The molecule has 130 valence electrons. The summed E-state index contributed by atoms with van der Waals surface area (Å²) in [4.78, 5) is 9.04. The number of nitrogens with zero attached hydrogens (tertiary/aromatic N) is 5. The monoisotopic (exact) mass is 356 g/mol. The summed E-state index contributed by atoms with van der Waals surface area (Å²) in [5.41, 5.74) is 2.26. The van der Waals surface area contributed by atoms with Crippen LogP contribution in [-0.4, -0.2) is 49.6 Å². The number of thioether (sulfide) groups is 1. The van der Waals surface area contributed by atoms with Gasteiger partial charge in [-0.1, -0.05) is 5.21 Å². The van der Waals surface area contributed by atoms with Crippen molar-refractivity contribution in [2.75, 3.05) is 18.7 Å². The van der Waals surface area contributed by atoms with Crippen LogP contribution in [0, 0.1) is 0 Å². The van der Waals surface area contributed by atoms with Gasteiger partial charge in [-0.2, -0.15) is 21.4 Å². The molecular weight excluding hydrogens is 336 g/mol. The summed E-state index contributed by atoms with van der Waals surface area (Å²) in [6, 6.07) is 8.08. The first-order valence-electron chi connectivity index (χ1n) is 8.29. The van der Waals surface area contributed by atoms with E-state index in [4.69, 9.17) is 4.74 Å². The van der Waals surface area contributed by atoms with E-state index in [0.29, 0.717) is 23.2 Å². The van der Waals surface area contributed by atoms with Gasteiger partial charge in [0.15, 0.2) is 11.2 Å². The van der Waals surface area contributed by atoms with Crippen LogP contribution in [-0.2, 0) is 0 Å². The number of ether oxygens (including phenoxy) is 1. The Bertz CT molecular complexity index is 865. The van der Waals surface area contributed by atoms with Crippen molar-refractivity contribution < 1.29 is 4.74 Å². The van der Waals surface area contributed by atoms with Crippen molar-refractivity contribution in [3.05, 3.63) is 30.5 Å². The lowest BCUT2D eigenvalue weighted by Gasteiger charge is -2.12. The van der Waals surface area contributed by atoms with Crippen LogP contribution in [0.2, 0.25) is 0 Å². The molecule has 2 aromatic heterocycles. The van der Waals surface area contributed by atoms with E-state index >= 15 is 0 Å². The topological polar surface area (TPSA) is 77.8 Å². The second-order valence-corrected chi connectivity index (χ2v) is 7.25. The van der Waals surface area contributed by atoms with Gasteiger partial charge in [0, 0.05) is 11.3 Å². The molecule has 0 spiro atoms. The Balaban J connectivity index is 1.61. The van der Waals surface area contributed by atoms with Crippen LogP contribution in [0.15, 0.2) is 30.5 Å². The van der Waals surface area contributed by atoms with Gasteiger partial charge in [-0.3, -0.25) is 0 Å². The molecule has 3 aromatic rings. The molecule has 1 aromatic carbocycles. The molecule has 1 saturated carbocycles. The Hall–Kier alpha value is -2.35. The van der Waals surface area contributed by atoms with E-state index in [-0.39, 0.29) is 0 Å². The molecule has 1 fully saturated rings. The average molecular weight is 356 g/mol. The maximum Gasteiger partial charge on any atom is 0.225 e. The number of benzene rings is 1. The minimum Gasteiger partial charge on any atom is -0.497 e. The lowest BCUT2D eigenvalue weighted by atomic mass is 10.2. The zero-order valence-corrected chi connectivity index (χ0v) is 15.0. The van der Waals surface area contributed by atoms with Gasteiger partial charge in [-0.15, -0.1) is 5.10 Å². The fourth-order valence-electron chi connectivity index (χ4n) is 3.16. The Morgan fingerprint density at radius 2 is 2.08 bits per heavy atom. The highest BCUT2D eigenvalue weighted by molar-refractivity contribution is 7.99. The van der Waals surface area contributed by atoms with Crippen LogP contribution < -0.4 is 10.1 Å². The summed E-state index contributed by atoms with van der Waals surface area (Å²) >= 11 is 1.94. The summed E-state index contributed by atoms with van der Waals surface area (Å²) in [6.45, 7) is 0. The number of aromatic nitrogens is 5. The maximum atomic E-state index is 5.20. The Morgan fingerprint density at radius 1 is 1.24 bits per heavy atom. The molecule has 1 aliphatic carbocycles. The molecule has 4 rings (SSSR count). The van der Waals surface area contributed by atoms with Crippen molar-refractivity contribution in [2.24, 2.45) is 0 Å². The third-order valence-electron chi connectivity index (χ3n) is 4.56. The zero-order valence-electron chi connectivity index (χ0n) is 14.2. The van der Waals surface area contributed by atoms with Gasteiger partial charge in [0.2, 0.25) is 5.95 Å². The highest BCUT2D eigenvalue weighted by Gasteiger charge is 2.24. The number of hydrogen-bond acceptors (Lipinski definition) is 7. The van der Waals surface area contributed by atoms with Gasteiger partial charge in [0.05, 0.1) is 19.0 Å². The van der Waals surface area contributed by atoms with Gasteiger partial charge in [0.1, 0.15) is 5.75 Å². The van der Waals surface area contributed by atoms with Crippen molar-refractivity contribution in [3.63, 3.8) is 0 Å². The van der Waals surface area contributed by atoms with E-state index in [1.54, 1.807) is 18.0 Å². The summed E-state index contributed by atoms with van der Waals surface area (Å²) in [5.74, 6) is 1.44. The van der Waals surface area contributed by atoms with Gasteiger partial charge < -0.3 is 10.1 Å². The average Bonchev–Trinajstić information content (AvgIpc) is 3.28. The quantitative estimate of drug-likeness (QED) is 0.753. The van der Waals surface area contributed by atoms with Crippen LogP contribution >= 0.6 is 11.8 Å². The maximum absolute atomic E-state index is 5.20. The minimum absolute atomic E-state index is 0.431. The van der Waals surface area contributed by atoms with Crippen LogP contribution in [0.25, 0.3) is 16.9 Å². The molecule has 0 amide bonds. The molecule has 0 radical (unpaired) electrons. The molecule has 0 bridgehead atoms. The number of rotatable bonds is 5. The Morgan fingerprint density at radius 3 is 2.80 bits per heavy atom. The zero-order chi connectivity index (χ0) is 17.2. The van der Waals surface area contributed by atoms with Crippen molar-refractivity contribution >= 4 is 28.9 Å². The first-order chi connectivity index (χ1) is 12.3. The lowest BCUT2D eigenvalue weighted by molar-refractivity contribution is 0.414. The molecule has 2 heterocycles. The van der Waals surface area contributed by atoms with Gasteiger partial charge in [-0.05, 0) is 49.8 Å². The van der Waals surface area contributed by atoms with E-state index in [9.17, 15) is 0 Å². The number of nitrogens with one attached hydrogen (secondary N) is 1. The van der Waals surface area contributed by atoms with E-state index < -0.39 is 0 Å². The summed E-state index contributed by atoms with van der Waals surface area (Å²) in [6.07, 6.45) is 7.45. The molecule has 7 nitrogen and oxygen atoms in total. The van der Waals surface area contributed by atoms with Crippen molar-refractivity contribution in [3.8, 4) is 11.4 Å². The first-order valence-corrected chi connectivity index (χ1v) is 9.58. The molecular formula is C17H20N6OS. The largest absolute Gasteiger partial charge is 0.497 e. The molecule has 0 saturated heterocycles. The predicted molar refractivity (Wildman–Crippen MR) is 99.6 cm³/mol. The molecule has 2 atom stereocenters. The van der Waals surface area contributed by atoms with Crippen molar-refractivity contribution in [1.82, 2.24) is 25.0 Å². The van der Waals surface area contributed by atoms with Crippen LogP contribution in [0.5, 0.6) is 5.75 Å². The predicted octanol–water partition coefficient (Wildman–Crippen LogP) is 2.92. The first kappa shape index (κ1) is 16.1. The Labute approximate surface area is 150 Å². The molecule has 25 heavy (non-hydrogen) atoms. The standard InChI is InChI=1S/C17H20N6OS/c1-24-13-6-4-12(5-7-13)23-16-15(21-22-23)10-18-17(20-16)19-11-3-8-14(9-11)25-2/h4-7,10-11,14H,3,8-9H2,1-2H3,(H,18,19,20)/t11-,14-/m0/s1. The molecule has 0 aliphatic heterocycles. The van der Waals surface area contributed by atoms with Gasteiger partial charge in [0.25, 0.3) is 0 Å². The van der Waals surface area contributed by atoms with Crippen LogP contribution in [0.1, 0.15) is 19.3 Å². The SMILES string of the molecule is COc1ccc(-n2nnc3cnc(N[C@H]4CC[C@H](SC)C4)nc32)cc1. The summed E-state index contributed by atoms with van der Waals surface area (Å²) in [5, 5.41) is 12.6. The summed E-state index contributed by atoms with van der Waals surface area (Å²) in [7, 11) is 1.65. The second-order valence-electron chi connectivity index (χ2n) is 6.11. The van der Waals surface area contributed by atoms with E-state index in [2.05, 4.69) is 31.9 Å². The Kier molecular flexibility index (Phi) is 4.44. The van der Waals surface area contributed by atoms with E-state index in [0.717, 1.165) is 29.5 Å². The summed E-state index contributed by atoms with van der Waals surface area (Å²) < 4.78 is 6.93. The van der Waals surface area contributed by atoms with Gasteiger partial charge >= 0.3 is 0 Å². The molecule has 8 heteroatoms. The smallest absolute Gasteiger partial charge is 0.225 e. The van der Waals surface area contributed by atoms with Crippen LogP contribution in [0.4, 0.5) is 5.95 Å². The second kappa shape index (κ2) is 6.87. The molecule has 1 aliphatic rings. The van der Waals surface area contributed by atoms with E-state index in [1.807, 2.05) is 36.0 Å². The highest BCUT2D eigenvalue weighted by atomic mass is 32.2. The number of methoxy groups -OCH3 is 1. The lowest BCUT2D eigenvalue weighted by Crippen LogP contribution is -2.18. The van der Waals surface area contributed by atoms with Crippen molar-refractivity contribution in [1.29, 1.82) is 0 Å². The third kappa shape index (κ3) is 3.26. The molecule has 0 unspecified atom stereocenters. The highest BCUT2D eigenvalue weighted by Crippen LogP contribution is 2.29. The minimum atomic E-state index is 0.431.